The molecule has 28 heavy (non-hydrogen) atoms. The lowest BCUT2D eigenvalue weighted by Crippen LogP contribution is -2.44. The van der Waals surface area contributed by atoms with Crippen molar-refractivity contribution in [3.05, 3.63) is 54.0 Å². The molecule has 1 saturated heterocycles. The SMILES string of the molecule is CCN1CCCC1CNC(=NC)NCc1ccc(Oc2cccc(F)c2)nc1. The van der Waals surface area contributed by atoms with Crippen molar-refractivity contribution in [3.8, 4) is 11.6 Å². The topological polar surface area (TPSA) is 61.8 Å². The van der Waals surface area contributed by atoms with E-state index in [1.165, 1.54) is 31.5 Å². The third-order valence-electron chi connectivity index (χ3n) is 4.91. The van der Waals surface area contributed by atoms with E-state index >= 15 is 0 Å². The number of nitrogens with zero attached hydrogens (tertiary/aromatic N) is 3. The van der Waals surface area contributed by atoms with Crippen molar-refractivity contribution in [2.24, 2.45) is 4.99 Å². The van der Waals surface area contributed by atoms with E-state index < -0.39 is 0 Å². The number of halogens is 1. The molecule has 2 N–H and O–H groups in total. The van der Waals surface area contributed by atoms with Crippen LogP contribution >= 0.6 is 0 Å². The highest BCUT2D eigenvalue weighted by Gasteiger charge is 2.22. The average Bonchev–Trinajstić information content (AvgIpc) is 3.17. The van der Waals surface area contributed by atoms with Gasteiger partial charge in [-0.25, -0.2) is 9.37 Å². The summed E-state index contributed by atoms with van der Waals surface area (Å²) in [5.74, 6) is 1.30. The number of hydrogen-bond donors (Lipinski definition) is 2. The Kier molecular flexibility index (Phi) is 7.19. The summed E-state index contributed by atoms with van der Waals surface area (Å²) in [4.78, 5) is 11.1. The number of aliphatic imine (C=N–C) groups is 1. The Hall–Kier alpha value is -2.67. The minimum absolute atomic E-state index is 0.336. The zero-order valence-electron chi connectivity index (χ0n) is 16.5. The van der Waals surface area contributed by atoms with Gasteiger partial charge in [0.2, 0.25) is 5.88 Å². The van der Waals surface area contributed by atoms with Crippen LogP contribution in [0.25, 0.3) is 0 Å². The number of aromatic nitrogens is 1. The van der Waals surface area contributed by atoms with Gasteiger partial charge in [0.05, 0.1) is 0 Å². The van der Waals surface area contributed by atoms with Crippen LogP contribution in [-0.4, -0.2) is 48.6 Å². The van der Waals surface area contributed by atoms with Gasteiger partial charge in [-0.2, -0.15) is 0 Å². The van der Waals surface area contributed by atoms with Gasteiger partial charge in [-0.15, -0.1) is 0 Å². The predicted molar refractivity (Wildman–Crippen MR) is 109 cm³/mol. The molecular weight excluding hydrogens is 357 g/mol. The lowest BCUT2D eigenvalue weighted by molar-refractivity contribution is 0.267. The van der Waals surface area contributed by atoms with Crippen molar-refractivity contribution in [2.45, 2.75) is 32.4 Å². The van der Waals surface area contributed by atoms with Crippen molar-refractivity contribution in [2.75, 3.05) is 26.7 Å². The molecule has 0 spiro atoms. The minimum atomic E-state index is -0.336. The molecule has 0 radical (unpaired) electrons. The maximum atomic E-state index is 13.2. The Balaban J connectivity index is 1.46. The summed E-state index contributed by atoms with van der Waals surface area (Å²) < 4.78 is 18.8. The highest BCUT2D eigenvalue weighted by atomic mass is 19.1. The number of pyridine rings is 1. The van der Waals surface area contributed by atoms with Gasteiger partial charge >= 0.3 is 0 Å². The average molecular weight is 385 g/mol. The highest BCUT2D eigenvalue weighted by Crippen LogP contribution is 2.20. The molecule has 6 nitrogen and oxygen atoms in total. The van der Waals surface area contributed by atoms with Crippen LogP contribution < -0.4 is 15.4 Å². The molecule has 150 valence electrons. The summed E-state index contributed by atoms with van der Waals surface area (Å²) in [5.41, 5.74) is 1.01. The van der Waals surface area contributed by atoms with E-state index in [1.54, 1.807) is 31.4 Å². The van der Waals surface area contributed by atoms with E-state index in [1.807, 2.05) is 6.07 Å². The summed E-state index contributed by atoms with van der Waals surface area (Å²) in [5, 5.41) is 6.72. The second-order valence-electron chi connectivity index (χ2n) is 6.80. The molecule has 0 saturated carbocycles. The third kappa shape index (κ3) is 5.66. The molecule has 0 amide bonds. The van der Waals surface area contributed by atoms with E-state index in [4.69, 9.17) is 4.74 Å². The number of guanidine groups is 1. The zero-order valence-corrected chi connectivity index (χ0v) is 16.5. The van der Waals surface area contributed by atoms with Gasteiger partial charge in [-0.05, 0) is 43.6 Å². The molecule has 1 atom stereocenters. The maximum absolute atomic E-state index is 13.2. The fourth-order valence-corrected chi connectivity index (χ4v) is 3.39. The smallest absolute Gasteiger partial charge is 0.219 e. The van der Waals surface area contributed by atoms with Crippen molar-refractivity contribution >= 4 is 5.96 Å². The van der Waals surface area contributed by atoms with Crippen LogP contribution in [-0.2, 0) is 6.54 Å². The minimum Gasteiger partial charge on any atom is -0.439 e. The first-order valence-electron chi connectivity index (χ1n) is 9.75. The number of benzene rings is 1. The standard InChI is InChI=1S/C21H28FN5O/c1-3-27-11-5-7-18(27)15-26-21(23-2)25-14-16-9-10-20(24-13-16)28-19-8-4-6-17(22)12-19/h4,6,8-10,12-13,18H,3,5,7,11,14-15H2,1-2H3,(H2,23,25,26). The van der Waals surface area contributed by atoms with Gasteiger partial charge in [0, 0.05) is 44.5 Å². The van der Waals surface area contributed by atoms with Gasteiger partial charge in [0.15, 0.2) is 5.96 Å². The van der Waals surface area contributed by atoms with E-state index in [2.05, 4.69) is 32.4 Å². The van der Waals surface area contributed by atoms with Gasteiger partial charge in [-0.1, -0.05) is 19.1 Å². The van der Waals surface area contributed by atoms with Crippen molar-refractivity contribution in [1.82, 2.24) is 20.5 Å². The van der Waals surface area contributed by atoms with Gasteiger partial charge < -0.3 is 15.4 Å². The van der Waals surface area contributed by atoms with Crippen LogP contribution in [0.2, 0.25) is 0 Å². The van der Waals surface area contributed by atoms with E-state index in [9.17, 15) is 4.39 Å². The molecule has 0 aliphatic carbocycles. The monoisotopic (exact) mass is 385 g/mol. The molecule has 1 unspecified atom stereocenters. The lowest BCUT2D eigenvalue weighted by atomic mass is 10.2. The summed E-state index contributed by atoms with van der Waals surface area (Å²) >= 11 is 0. The second kappa shape index (κ2) is 10.0. The molecule has 1 aliphatic rings. The van der Waals surface area contributed by atoms with Crippen molar-refractivity contribution < 1.29 is 9.13 Å². The van der Waals surface area contributed by atoms with Crippen LogP contribution in [0.5, 0.6) is 11.6 Å². The molecule has 3 rings (SSSR count). The molecule has 2 heterocycles. The lowest BCUT2D eigenvalue weighted by Gasteiger charge is -2.24. The molecular formula is C21H28FN5O. The molecule has 7 heteroatoms. The van der Waals surface area contributed by atoms with Crippen LogP contribution in [0.3, 0.4) is 0 Å². The number of ether oxygens (including phenoxy) is 1. The summed E-state index contributed by atoms with van der Waals surface area (Å²) in [6.07, 6.45) is 4.24. The molecule has 1 aromatic carbocycles. The first-order chi connectivity index (χ1) is 13.7. The number of likely N-dealkylation sites (tertiary alicyclic amines) is 1. The van der Waals surface area contributed by atoms with Crippen LogP contribution in [0.1, 0.15) is 25.3 Å². The Morgan fingerprint density at radius 3 is 2.93 bits per heavy atom. The van der Waals surface area contributed by atoms with E-state index in [0.29, 0.717) is 24.2 Å². The van der Waals surface area contributed by atoms with Crippen LogP contribution in [0, 0.1) is 5.82 Å². The Morgan fingerprint density at radius 1 is 1.32 bits per heavy atom. The summed E-state index contributed by atoms with van der Waals surface area (Å²) in [6.45, 7) is 5.99. The third-order valence-corrected chi connectivity index (χ3v) is 4.91. The van der Waals surface area contributed by atoms with Crippen molar-refractivity contribution in [3.63, 3.8) is 0 Å². The Morgan fingerprint density at radius 2 is 2.21 bits per heavy atom. The fraction of sp³-hybridized carbons (Fsp3) is 0.429. The Labute approximate surface area is 165 Å². The van der Waals surface area contributed by atoms with E-state index in [0.717, 1.165) is 24.6 Å². The first-order valence-corrected chi connectivity index (χ1v) is 9.75. The van der Waals surface area contributed by atoms with Crippen molar-refractivity contribution in [1.29, 1.82) is 0 Å². The maximum Gasteiger partial charge on any atom is 0.219 e. The zero-order chi connectivity index (χ0) is 19.8. The number of hydrogen-bond acceptors (Lipinski definition) is 4. The van der Waals surface area contributed by atoms with Gasteiger partial charge in [0.25, 0.3) is 0 Å². The van der Waals surface area contributed by atoms with Gasteiger partial charge in [-0.3, -0.25) is 9.89 Å². The molecule has 1 aliphatic heterocycles. The summed E-state index contributed by atoms with van der Waals surface area (Å²) in [7, 11) is 1.77. The second-order valence-corrected chi connectivity index (χ2v) is 6.80. The Bertz CT molecular complexity index is 781. The highest BCUT2D eigenvalue weighted by molar-refractivity contribution is 5.79. The quantitative estimate of drug-likeness (QED) is 0.566. The normalized spacial score (nSPS) is 17.5. The molecule has 2 aromatic rings. The summed E-state index contributed by atoms with van der Waals surface area (Å²) in [6, 6.07) is 10.3. The molecule has 1 fully saturated rings. The van der Waals surface area contributed by atoms with Crippen LogP contribution in [0.4, 0.5) is 4.39 Å². The number of rotatable bonds is 7. The first kappa shape index (κ1) is 20.1. The predicted octanol–water partition coefficient (Wildman–Crippen LogP) is 3.16. The number of likely N-dealkylation sites (N-methyl/N-ethyl adjacent to an activating group) is 1. The largest absolute Gasteiger partial charge is 0.439 e. The van der Waals surface area contributed by atoms with E-state index in [-0.39, 0.29) is 5.82 Å². The van der Waals surface area contributed by atoms with Gasteiger partial charge in [0.1, 0.15) is 11.6 Å². The fourth-order valence-electron chi connectivity index (χ4n) is 3.39. The van der Waals surface area contributed by atoms with Crippen LogP contribution in [0.15, 0.2) is 47.6 Å². The molecule has 0 bridgehead atoms. The number of nitrogens with one attached hydrogen (secondary N) is 2. The molecule has 1 aromatic heterocycles.